The first-order chi connectivity index (χ1) is 13.7. The third kappa shape index (κ3) is 3.70. The lowest BCUT2D eigenvalue weighted by atomic mass is 10.0. The summed E-state index contributed by atoms with van der Waals surface area (Å²) in [6.07, 6.45) is 3.27. The van der Waals surface area contributed by atoms with Crippen molar-refractivity contribution < 1.29 is 9.13 Å². The molecule has 3 aromatic heterocycles. The van der Waals surface area contributed by atoms with Crippen LogP contribution in [0.4, 0.5) is 4.39 Å². The minimum absolute atomic E-state index is 0.162. The Morgan fingerprint density at radius 3 is 2.57 bits per heavy atom. The van der Waals surface area contributed by atoms with Crippen molar-refractivity contribution in [3.8, 4) is 28.4 Å². The van der Waals surface area contributed by atoms with Gasteiger partial charge in [-0.3, -0.25) is 0 Å². The van der Waals surface area contributed by atoms with Crippen molar-refractivity contribution in [3.05, 3.63) is 60.2 Å². The molecule has 4 rings (SSSR count). The molecule has 0 fully saturated rings. The Hall–Kier alpha value is -3.32. The van der Waals surface area contributed by atoms with Gasteiger partial charge in [0, 0.05) is 23.9 Å². The van der Waals surface area contributed by atoms with Crippen LogP contribution in [0.5, 0.6) is 5.75 Å². The van der Waals surface area contributed by atoms with Gasteiger partial charge < -0.3 is 15.5 Å². The molecule has 0 atom stereocenters. The van der Waals surface area contributed by atoms with Crippen molar-refractivity contribution >= 4 is 11.2 Å². The molecule has 0 saturated heterocycles. The number of pyridine rings is 2. The molecular weight excluding hydrogens is 357 g/mol. The SMILES string of the molecule is CC.COc1ccc(-c2nc3nccc(-c4ccc(CN)c(F)c4)c3[nH]2)nc1. The van der Waals surface area contributed by atoms with Crippen molar-refractivity contribution in [1.29, 1.82) is 0 Å². The van der Waals surface area contributed by atoms with E-state index in [1.54, 1.807) is 25.6 Å². The Balaban J connectivity index is 0.00000109. The molecule has 6 nitrogen and oxygen atoms in total. The highest BCUT2D eigenvalue weighted by molar-refractivity contribution is 5.91. The van der Waals surface area contributed by atoms with Crippen LogP contribution in [0.3, 0.4) is 0 Å². The van der Waals surface area contributed by atoms with Crippen LogP contribution >= 0.6 is 0 Å². The van der Waals surface area contributed by atoms with E-state index in [1.807, 2.05) is 38.1 Å². The zero-order chi connectivity index (χ0) is 20.1. The fraction of sp³-hybridized carbons (Fsp3) is 0.190. The number of methoxy groups -OCH3 is 1. The Labute approximate surface area is 162 Å². The number of H-pyrrole nitrogens is 1. The Kier molecular flexibility index (Phi) is 5.96. The van der Waals surface area contributed by atoms with E-state index in [2.05, 4.69) is 19.9 Å². The molecule has 28 heavy (non-hydrogen) atoms. The number of imidazole rings is 1. The Morgan fingerprint density at radius 2 is 1.93 bits per heavy atom. The lowest BCUT2D eigenvalue weighted by Gasteiger charge is -2.05. The number of hydrogen-bond acceptors (Lipinski definition) is 5. The first kappa shape index (κ1) is 19.4. The van der Waals surface area contributed by atoms with E-state index in [-0.39, 0.29) is 12.4 Å². The predicted molar refractivity (Wildman–Crippen MR) is 108 cm³/mol. The van der Waals surface area contributed by atoms with Crippen LogP contribution in [0, 0.1) is 5.82 Å². The Morgan fingerprint density at radius 1 is 1.11 bits per heavy atom. The molecule has 0 aliphatic heterocycles. The molecule has 0 aliphatic rings. The van der Waals surface area contributed by atoms with Gasteiger partial charge in [-0.15, -0.1) is 0 Å². The highest BCUT2D eigenvalue weighted by Crippen LogP contribution is 2.29. The second-order valence-corrected chi connectivity index (χ2v) is 5.74. The average Bonchev–Trinajstić information content (AvgIpc) is 3.19. The van der Waals surface area contributed by atoms with Crippen LogP contribution in [0.25, 0.3) is 33.8 Å². The van der Waals surface area contributed by atoms with Gasteiger partial charge in [-0.25, -0.2) is 19.3 Å². The van der Waals surface area contributed by atoms with E-state index < -0.39 is 0 Å². The summed E-state index contributed by atoms with van der Waals surface area (Å²) in [5.74, 6) is 0.923. The van der Waals surface area contributed by atoms with Crippen LogP contribution in [-0.4, -0.2) is 27.0 Å². The maximum Gasteiger partial charge on any atom is 0.178 e. The largest absolute Gasteiger partial charge is 0.495 e. The standard InChI is InChI=1S/C19H16FN5O.C2H6/c1-26-13-4-5-16(23-10-13)18-24-17-14(6-7-22-19(17)25-18)11-2-3-12(9-21)15(20)8-11;1-2/h2-8,10H,9,21H2,1H3,(H,22,24,25);1-2H3. The number of fused-ring (bicyclic) bond motifs is 1. The maximum absolute atomic E-state index is 14.1. The zero-order valence-corrected chi connectivity index (χ0v) is 16.0. The number of nitrogens with one attached hydrogen (secondary N) is 1. The summed E-state index contributed by atoms with van der Waals surface area (Å²) in [7, 11) is 1.59. The number of nitrogens with zero attached hydrogens (tertiary/aromatic N) is 3. The maximum atomic E-state index is 14.1. The van der Waals surface area contributed by atoms with Crippen LogP contribution in [0.15, 0.2) is 48.8 Å². The van der Waals surface area contributed by atoms with Crippen LogP contribution < -0.4 is 10.5 Å². The minimum Gasteiger partial charge on any atom is -0.495 e. The van der Waals surface area contributed by atoms with Crippen molar-refractivity contribution in [2.45, 2.75) is 20.4 Å². The molecule has 0 aliphatic carbocycles. The van der Waals surface area contributed by atoms with Crippen molar-refractivity contribution in [1.82, 2.24) is 19.9 Å². The molecule has 0 saturated carbocycles. The van der Waals surface area contributed by atoms with Gasteiger partial charge in [0.1, 0.15) is 17.3 Å². The molecule has 3 heterocycles. The Bertz CT molecular complexity index is 1080. The normalized spacial score (nSPS) is 10.5. The van der Waals surface area contributed by atoms with Gasteiger partial charge in [-0.2, -0.15) is 0 Å². The number of halogens is 1. The van der Waals surface area contributed by atoms with E-state index in [0.29, 0.717) is 28.5 Å². The topological polar surface area (TPSA) is 89.7 Å². The molecule has 3 N–H and O–H groups in total. The van der Waals surface area contributed by atoms with Crippen molar-refractivity contribution in [3.63, 3.8) is 0 Å². The fourth-order valence-corrected chi connectivity index (χ4v) is 2.79. The molecule has 144 valence electrons. The second-order valence-electron chi connectivity index (χ2n) is 5.74. The zero-order valence-electron chi connectivity index (χ0n) is 16.0. The molecule has 0 radical (unpaired) electrons. The fourth-order valence-electron chi connectivity index (χ4n) is 2.79. The lowest BCUT2D eigenvalue weighted by molar-refractivity contribution is 0.413. The van der Waals surface area contributed by atoms with E-state index in [9.17, 15) is 4.39 Å². The number of benzene rings is 1. The number of aromatic amines is 1. The highest BCUT2D eigenvalue weighted by atomic mass is 19.1. The van der Waals surface area contributed by atoms with Gasteiger partial charge >= 0.3 is 0 Å². The molecule has 0 unspecified atom stereocenters. The highest BCUT2D eigenvalue weighted by Gasteiger charge is 2.13. The third-order valence-electron chi connectivity index (χ3n) is 4.19. The summed E-state index contributed by atoms with van der Waals surface area (Å²) >= 11 is 0. The summed E-state index contributed by atoms with van der Waals surface area (Å²) in [6, 6.07) is 10.5. The van der Waals surface area contributed by atoms with Crippen molar-refractivity contribution in [2.75, 3.05) is 7.11 Å². The first-order valence-corrected chi connectivity index (χ1v) is 9.03. The number of rotatable bonds is 4. The molecule has 4 aromatic rings. The van der Waals surface area contributed by atoms with Gasteiger partial charge in [0.25, 0.3) is 0 Å². The monoisotopic (exact) mass is 379 g/mol. The van der Waals surface area contributed by atoms with E-state index in [0.717, 1.165) is 16.6 Å². The number of nitrogens with two attached hydrogens (primary N) is 1. The first-order valence-electron chi connectivity index (χ1n) is 9.03. The van der Waals surface area contributed by atoms with Gasteiger partial charge in [0.2, 0.25) is 0 Å². The van der Waals surface area contributed by atoms with Gasteiger partial charge in [0.15, 0.2) is 11.5 Å². The van der Waals surface area contributed by atoms with Crippen molar-refractivity contribution in [2.24, 2.45) is 5.73 Å². The van der Waals surface area contributed by atoms with Crippen LogP contribution in [0.2, 0.25) is 0 Å². The van der Waals surface area contributed by atoms with Gasteiger partial charge in [-0.1, -0.05) is 26.0 Å². The molecule has 7 heteroatoms. The number of hydrogen-bond donors (Lipinski definition) is 2. The lowest BCUT2D eigenvalue weighted by Crippen LogP contribution is -1.99. The molecule has 0 bridgehead atoms. The summed E-state index contributed by atoms with van der Waals surface area (Å²) in [5, 5.41) is 0. The average molecular weight is 379 g/mol. The summed E-state index contributed by atoms with van der Waals surface area (Å²) in [5.41, 5.74) is 9.48. The smallest absolute Gasteiger partial charge is 0.178 e. The van der Waals surface area contributed by atoms with Gasteiger partial charge in [-0.05, 0) is 29.8 Å². The number of aromatic nitrogens is 4. The van der Waals surface area contributed by atoms with E-state index in [4.69, 9.17) is 10.5 Å². The quantitative estimate of drug-likeness (QED) is 0.551. The second kappa shape index (κ2) is 8.58. The third-order valence-corrected chi connectivity index (χ3v) is 4.19. The summed E-state index contributed by atoms with van der Waals surface area (Å²) in [4.78, 5) is 16.4. The van der Waals surface area contributed by atoms with E-state index in [1.165, 1.54) is 6.07 Å². The molecule has 0 spiro atoms. The molecule has 1 aromatic carbocycles. The summed E-state index contributed by atoms with van der Waals surface area (Å²) < 4.78 is 19.3. The van der Waals surface area contributed by atoms with Gasteiger partial charge in [0.05, 0.1) is 18.8 Å². The minimum atomic E-state index is -0.327. The summed E-state index contributed by atoms with van der Waals surface area (Å²) in [6.45, 7) is 4.16. The van der Waals surface area contributed by atoms with E-state index >= 15 is 0 Å². The number of ether oxygens (including phenoxy) is 1. The molecule has 0 amide bonds. The molecular formula is C21H22FN5O. The predicted octanol–water partition coefficient (Wildman–Crippen LogP) is 4.32. The van der Waals surface area contributed by atoms with Crippen LogP contribution in [0.1, 0.15) is 19.4 Å². The van der Waals surface area contributed by atoms with Crippen LogP contribution in [-0.2, 0) is 6.54 Å².